The lowest BCUT2D eigenvalue weighted by Crippen LogP contribution is -2.30. The van der Waals surface area contributed by atoms with Gasteiger partial charge in [0, 0.05) is 24.0 Å². The Morgan fingerprint density at radius 1 is 1.29 bits per heavy atom. The van der Waals surface area contributed by atoms with Gasteiger partial charge >= 0.3 is 6.18 Å². The largest absolute Gasteiger partial charge is 0.417 e. The minimum atomic E-state index is -4.53. The summed E-state index contributed by atoms with van der Waals surface area (Å²) in [5.74, 6) is -0.378. The third-order valence-electron chi connectivity index (χ3n) is 4.72. The second-order valence-electron chi connectivity index (χ2n) is 6.85. The minimum absolute atomic E-state index is 0.0465. The van der Waals surface area contributed by atoms with E-state index < -0.39 is 11.7 Å². The molecule has 0 spiro atoms. The summed E-state index contributed by atoms with van der Waals surface area (Å²) in [7, 11) is 1.80. The van der Waals surface area contributed by atoms with Crippen molar-refractivity contribution in [3.8, 4) is 0 Å². The Kier molecular flexibility index (Phi) is 4.90. The highest BCUT2D eigenvalue weighted by Crippen LogP contribution is 2.36. The van der Waals surface area contributed by atoms with Crippen molar-refractivity contribution in [2.75, 3.05) is 0 Å². The number of hydrogen-bond acceptors (Lipinski definition) is 4. The second kappa shape index (κ2) is 6.92. The number of aromatic nitrogens is 5. The Morgan fingerprint density at radius 3 is 2.54 bits per heavy atom. The van der Waals surface area contributed by atoms with Crippen LogP contribution in [-0.4, -0.2) is 30.5 Å². The van der Waals surface area contributed by atoms with E-state index in [1.807, 2.05) is 13.8 Å². The smallest absolute Gasteiger partial charge is 0.348 e. The van der Waals surface area contributed by atoms with Crippen molar-refractivity contribution >= 4 is 16.9 Å². The molecule has 3 aromatic rings. The van der Waals surface area contributed by atoms with E-state index in [4.69, 9.17) is 0 Å². The number of carbonyl (C=O) groups excluding carboxylic acids is 1. The fourth-order valence-corrected chi connectivity index (χ4v) is 3.25. The van der Waals surface area contributed by atoms with Crippen molar-refractivity contribution in [2.45, 2.75) is 46.5 Å². The van der Waals surface area contributed by atoms with E-state index in [9.17, 15) is 18.0 Å². The molecule has 1 N–H and O–H groups in total. The number of halogens is 3. The molecule has 10 heteroatoms. The topological polar surface area (TPSA) is 77.6 Å². The van der Waals surface area contributed by atoms with Crippen LogP contribution in [0.3, 0.4) is 0 Å². The molecule has 0 saturated heterocycles. The zero-order valence-electron chi connectivity index (χ0n) is 16.2. The maximum atomic E-state index is 13.4. The lowest BCUT2D eigenvalue weighted by molar-refractivity contribution is -0.136. The molecule has 1 unspecified atom stereocenters. The van der Waals surface area contributed by atoms with Crippen LogP contribution in [0, 0.1) is 20.8 Å². The van der Waals surface area contributed by atoms with E-state index in [0.717, 1.165) is 17.3 Å². The van der Waals surface area contributed by atoms with Crippen molar-refractivity contribution in [3.05, 3.63) is 40.5 Å². The first kappa shape index (κ1) is 19.8. The highest BCUT2D eigenvalue weighted by Gasteiger charge is 2.35. The Balaban J connectivity index is 1.89. The fraction of sp³-hybridized carbons (Fsp3) is 0.444. The van der Waals surface area contributed by atoms with Gasteiger partial charge in [0.1, 0.15) is 6.54 Å². The highest BCUT2D eigenvalue weighted by molar-refractivity contribution is 5.85. The van der Waals surface area contributed by atoms with E-state index in [-0.39, 0.29) is 40.9 Å². The van der Waals surface area contributed by atoms with Crippen molar-refractivity contribution in [3.63, 3.8) is 0 Å². The van der Waals surface area contributed by atoms with Crippen LogP contribution in [0.4, 0.5) is 13.2 Å². The summed E-state index contributed by atoms with van der Waals surface area (Å²) in [6.07, 6.45) is -2.85. The van der Waals surface area contributed by atoms with Gasteiger partial charge in [0.05, 0.1) is 28.9 Å². The molecule has 0 aliphatic heterocycles. The molecule has 0 radical (unpaired) electrons. The number of alkyl halides is 3. The predicted octanol–water partition coefficient (Wildman–Crippen LogP) is 2.99. The van der Waals surface area contributed by atoms with Crippen LogP contribution < -0.4 is 5.32 Å². The molecule has 7 nitrogen and oxygen atoms in total. The first-order valence-electron chi connectivity index (χ1n) is 8.69. The molecule has 0 fully saturated rings. The van der Waals surface area contributed by atoms with Gasteiger partial charge in [-0.2, -0.15) is 23.4 Å². The molecule has 3 rings (SSSR count). The van der Waals surface area contributed by atoms with Gasteiger partial charge in [-0.15, -0.1) is 0 Å². The van der Waals surface area contributed by atoms with Crippen molar-refractivity contribution in [2.24, 2.45) is 7.05 Å². The van der Waals surface area contributed by atoms with E-state index in [1.165, 1.54) is 18.5 Å². The maximum absolute atomic E-state index is 13.4. The average molecular weight is 394 g/mol. The van der Waals surface area contributed by atoms with Crippen LogP contribution in [0.25, 0.3) is 11.0 Å². The van der Waals surface area contributed by atoms with Crippen LogP contribution in [0.1, 0.15) is 41.2 Å². The third-order valence-corrected chi connectivity index (χ3v) is 4.72. The first-order chi connectivity index (χ1) is 13.0. The van der Waals surface area contributed by atoms with Gasteiger partial charge in [-0.05, 0) is 33.8 Å². The molecule has 0 bridgehead atoms. The summed E-state index contributed by atoms with van der Waals surface area (Å²) in [6.45, 7) is 6.43. The molecule has 0 saturated carbocycles. The average Bonchev–Trinajstić information content (AvgIpc) is 3.06. The summed E-state index contributed by atoms with van der Waals surface area (Å²) >= 11 is 0. The molecule has 1 atom stereocenters. The number of amides is 1. The molecular formula is C18H21F3N6O. The van der Waals surface area contributed by atoms with Crippen LogP contribution in [-0.2, 0) is 24.6 Å². The number of aryl methyl sites for hydroxylation is 3. The Morgan fingerprint density at radius 2 is 1.96 bits per heavy atom. The van der Waals surface area contributed by atoms with E-state index in [1.54, 1.807) is 17.9 Å². The number of nitrogens with zero attached hydrogens (tertiary/aromatic N) is 5. The molecule has 0 aromatic carbocycles. The van der Waals surface area contributed by atoms with Gasteiger partial charge in [0.2, 0.25) is 5.91 Å². The number of nitrogens with one attached hydrogen (secondary N) is 1. The number of rotatable bonds is 4. The summed E-state index contributed by atoms with van der Waals surface area (Å²) in [5.41, 5.74) is 1.43. The van der Waals surface area contributed by atoms with E-state index in [2.05, 4.69) is 20.5 Å². The molecule has 3 aromatic heterocycles. The number of carbonyl (C=O) groups is 1. The van der Waals surface area contributed by atoms with Gasteiger partial charge in [0.15, 0.2) is 5.65 Å². The van der Waals surface area contributed by atoms with Crippen LogP contribution >= 0.6 is 0 Å². The quantitative estimate of drug-likeness (QED) is 0.738. The Hall–Kier alpha value is -2.91. The Labute approximate surface area is 159 Å². The molecule has 3 heterocycles. The zero-order chi connectivity index (χ0) is 20.8. The van der Waals surface area contributed by atoms with Gasteiger partial charge in [0.25, 0.3) is 0 Å². The molecule has 0 aliphatic carbocycles. The summed E-state index contributed by atoms with van der Waals surface area (Å²) in [6, 6.07) is 0.693. The zero-order valence-corrected chi connectivity index (χ0v) is 16.2. The summed E-state index contributed by atoms with van der Waals surface area (Å²) < 4.78 is 43.1. The molecule has 28 heavy (non-hydrogen) atoms. The second-order valence-corrected chi connectivity index (χ2v) is 6.85. The fourth-order valence-electron chi connectivity index (χ4n) is 3.25. The van der Waals surface area contributed by atoms with Crippen molar-refractivity contribution < 1.29 is 18.0 Å². The molecule has 0 aliphatic rings. The number of pyridine rings is 1. The van der Waals surface area contributed by atoms with Crippen molar-refractivity contribution in [1.82, 2.24) is 29.9 Å². The van der Waals surface area contributed by atoms with Crippen LogP contribution in [0.15, 0.2) is 12.3 Å². The van der Waals surface area contributed by atoms with Crippen LogP contribution in [0.5, 0.6) is 0 Å². The molecular weight excluding hydrogens is 373 g/mol. The predicted molar refractivity (Wildman–Crippen MR) is 96.5 cm³/mol. The van der Waals surface area contributed by atoms with Gasteiger partial charge in [-0.25, -0.2) is 9.67 Å². The number of fused-ring (bicyclic) bond motifs is 1. The normalized spacial score (nSPS) is 13.1. The lowest BCUT2D eigenvalue weighted by Gasteiger charge is -2.14. The summed E-state index contributed by atoms with van der Waals surface area (Å²) in [4.78, 5) is 16.7. The van der Waals surface area contributed by atoms with Gasteiger partial charge < -0.3 is 5.32 Å². The van der Waals surface area contributed by atoms with E-state index in [0.29, 0.717) is 0 Å². The lowest BCUT2D eigenvalue weighted by atomic mass is 10.1. The molecule has 1 amide bonds. The van der Waals surface area contributed by atoms with Crippen LogP contribution in [0.2, 0.25) is 0 Å². The standard InChI is InChI=1S/C18H21F3N6O/c1-9-6-14(18(19,20)21)16-11(3)25-27(17(16)23-9)8-15(28)24-10(2)13-7-22-26(5)12(13)4/h6-7,10H,8H2,1-5H3,(H,24,28). The van der Waals surface area contributed by atoms with E-state index >= 15 is 0 Å². The number of hydrogen-bond donors (Lipinski definition) is 1. The molecule has 150 valence electrons. The minimum Gasteiger partial charge on any atom is -0.348 e. The van der Waals surface area contributed by atoms with Crippen molar-refractivity contribution in [1.29, 1.82) is 0 Å². The summed E-state index contributed by atoms with van der Waals surface area (Å²) in [5, 5.41) is 11.0. The maximum Gasteiger partial charge on any atom is 0.417 e. The Bertz CT molecular complexity index is 1050. The SMILES string of the molecule is Cc1cc(C(F)(F)F)c2c(C)nn(CC(=O)NC(C)c3cnn(C)c3C)c2n1. The first-order valence-corrected chi connectivity index (χ1v) is 8.69. The third kappa shape index (κ3) is 3.58. The van der Waals surface area contributed by atoms with Gasteiger partial charge in [-0.1, -0.05) is 0 Å². The van der Waals surface area contributed by atoms with Gasteiger partial charge in [-0.3, -0.25) is 9.48 Å². The monoisotopic (exact) mass is 394 g/mol. The highest BCUT2D eigenvalue weighted by atomic mass is 19.4.